The predicted octanol–water partition coefficient (Wildman–Crippen LogP) is 5.51. The fourth-order valence-electron chi connectivity index (χ4n) is 3.09. The molecule has 29 heavy (non-hydrogen) atoms. The number of ether oxygens (including phenoxy) is 1. The Hall–Kier alpha value is -2.45. The minimum absolute atomic E-state index is 0.158. The van der Waals surface area contributed by atoms with Gasteiger partial charge in [-0.05, 0) is 36.8 Å². The van der Waals surface area contributed by atoms with E-state index in [-0.39, 0.29) is 4.90 Å². The van der Waals surface area contributed by atoms with Gasteiger partial charge in [0.25, 0.3) is 10.0 Å². The summed E-state index contributed by atoms with van der Waals surface area (Å²) >= 11 is 1.00. The second-order valence-electron chi connectivity index (χ2n) is 5.54. The first-order valence-electron chi connectivity index (χ1n) is 9.71. The molecule has 0 amide bonds. The lowest BCUT2D eigenvalue weighted by molar-refractivity contribution is 0.411. The van der Waals surface area contributed by atoms with E-state index in [2.05, 4.69) is 8.75 Å². The average Bonchev–Trinajstić information content (AvgIpc) is 3.42. The van der Waals surface area contributed by atoms with Gasteiger partial charge >= 0.3 is 0 Å². The van der Waals surface area contributed by atoms with Gasteiger partial charge in [0.15, 0.2) is 0 Å². The highest BCUT2D eigenvalue weighted by Gasteiger charge is 2.24. The van der Waals surface area contributed by atoms with Gasteiger partial charge in [-0.15, -0.1) is 0 Å². The van der Waals surface area contributed by atoms with Crippen LogP contribution in [0.5, 0.6) is 5.75 Å². The van der Waals surface area contributed by atoms with Crippen LogP contribution in [0.1, 0.15) is 40.2 Å². The average molecular weight is 434 g/mol. The molecule has 2 aromatic heterocycles. The van der Waals surface area contributed by atoms with E-state index in [1.807, 2.05) is 40.7 Å². The summed E-state index contributed by atoms with van der Waals surface area (Å²) in [5, 5.41) is 0.869. The second-order valence-corrected chi connectivity index (χ2v) is 7.85. The van der Waals surface area contributed by atoms with Crippen LogP contribution in [0.25, 0.3) is 21.9 Å². The molecule has 0 aliphatic rings. The van der Waals surface area contributed by atoms with Crippen molar-refractivity contribution in [1.29, 1.82) is 0 Å². The molecule has 0 N–H and O–H groups in total. The molecule has 156 valence electrons. The summed E-state index contributed by atoms with van der Waals surface area (Å²) < 4.78 is 41.5. The molecule has 0 unspecified atom stereocenters. The fourth-order valence-corrected chi connectivity index (χ4v) is 5.20. The van der Waals surface area contributed by atoms with Gasteiger partial charge in [0.1, 0.15) is 21.7 Å². The van der Waals surface area contributed by atoms with Crippen molar-refractivity contribution in [3.05, 3.63) is 48.2 Å². The molecule has 2 heterocycles. The molecule has 0 spiro atoms. The Kier molecular flexibility index (Phi) is 7.75. The largest absolute Gasteiger partial charge is 0.496 e. The number of fused-ring (bicyclic) bond motifs is 2. The van der Waals surface area contributed by atoms with Crippen molar-refractivity contribution in [3.8, 4) is 5.75 Å². The van der Waals surface area contributed by atoms with E-state index in [1.165, 1.54) is 3.97 Å². The number of hydrogen-bond donors (Lipinski definition) is 0. The third-order valence-electron chi connectivity index (χ3n) is 4.26. The van der Waals surface area contributed by atoms with Gasteiger partial charge < -0.3 is 4.74 Å². The molecular formula is C21H27N3O3S2. The monoisotopic (exact) mass is 433 g/mol. The molecule has 0 radical (unpaired) electrons. The van der Waals surface area contributed by atoms with Gasteiger partial charge in [0, 0.05) is 17.1 Å². The van der Waals surface area contributed by atoms with Crippen LogP contribution in [0.3, 0.4) is 0 Å². The maximum atomic E-state index is 13.2. The summed E-state index contributed by atoms with van der Waals surface area (Å²) in [6.45, 7) is 10.0. The molecule has 8 heteroatoms. The number of benzene rings is 2. The molecule has 4 rings (SSSR count). The number of nitrogens with zero attached hydrogens (tertiary/aromatic N) is 3. The van der Waals surface area contributed by atoms with Gasteiger partial charge in [0.2, 0.25) is 0 Å². The van der Waals surface area contributed by atoms with Crippen molar-refractivity contribution in [3.63, 3.8) is 0 Å². The van der Waals surface area contributed by atoms with E-state index in [1.54, 1.807) is 43.6 Å². The lowest BCUT2D eigenvalue weighted by atomic mass is 10.1. The van der Waals surface area contributed by atoms with Crippen molar-refractivity contribution in [1.82, 2.24) is 12.7 Å². The highest BCUT2D eigenvalue weighted by molar-refractivity contribution is 7.90. The molecule has 6 nitrogen and oxygen atoms in total. The zero-order valence-electron chi connectivity index (χ0n) is 17.6. The molecule has 0 aliphatic heterocycles. The van der Waals surface area contributed by atoms with E-state index in [0.29, 0.717) is 16.6 Å². The molecule has 0 atom stereocenters. The van der Waals surface area contributed by atoms with E-state index in [0.717, 1.165) is 34.8 Å². The molecular weight excluding hydrogens is 406 g/mol. The Morgan fingerprint density at radius 1 is 1.03 bits per heavy atom. The summed E-state index contributed by atoms with van der Waals surface area (Å²) in [4.78, 5) is 0.158. The number of aromatic nitrogens is 3. The van der Waals surface area contributed by atoms with Crippen LogP contribution in [0.4, 0.5) is 0 Å². The molecule has 0 bridgehead atoms. The first-order valence-corrected chi connectivity index (χ1v) is 11.9. The van der Waals surface area contributed by atoms with Crippen molar-refractivity contribution >= 4 is 43.7 Å². The topological polar surface area (TPSA) is 74.1 Å². The molecule has 0 aliphatic carbocycles. The minimum Gasteiger partial charge on any atom is -0.496 e. The van der Waals surface area contributed by atoms with Gasteiger partial charge in [-0.1, -0.05) is 40.7 Å². The van der Waals surface area contributed by atoms with E-state index in [9.17, 15) is 8.42 Å². The Bertz CT molecular complexity index is 1190. The Morgan fingerprint density at radius 3 is 2.41 bits per heavy atom. The normalized spacial score (nSPS) is 10.8. The van der Waals surface area contributed by atoms with E-state index in [4.69, 9.17) is 4.74 Å². The van der Waals surface area contributed by atoms with Crippen molar-refractivity contribution in [2.45, 2.75) is 45.9 Å². The third kappa shape index (κ3) is 4.00. The van der Waals surface area contributed by atoms with Crippen molar-refractivity contribution < 1.29 is 13.2 Å². The highest BCUT2D eigenvalue weighted by atomic mass is 32.2. The van der Waals surface area contributed by atoms with Gasteiger partial charge in [-0.2, -0.15) is 8.75 Å². The van der Waals surface area contributed by atoms with Gasteiger partial charge in [-0.25, -0.2) is 12.4 Å². The number of aryl methyl sites for hydroxylation is 1. The summed E-state index contributed by atoms with van der Waals surface area (Å²) in [5.41, 5.74) is 2.59. The van der Waals surface area contributed by atoms with Crippen LogP contribution < -0.4 is 4.74 Å². The van der Waals surface area contributed by atoms with E-state index < -0.39 is 10.0 Å². The number of rotatable bonds is 4. The van der Waals surface area contributed by atoms with Crippen LogP contribution in [-0.4, -0.2) is 28.2 Å². The standard InChI is InChI=1S/C17H15N3O3S2.2C2H6/c1-3-11-12-9-10-20(14(12)7-8-15(11)23-2)25(21,22)16-6-4-5-13-17(16)19-24-18-13;2*1-2/h4-10H,3H2,1-2H3;2*1-2H3. The quantitative estimate of drug-likeness (QED) is 0.424. The second kappa shape index (κ2) is 9.84. The Balaban J connectivity index is 0.000000707. The molecule has 0 fully saturated rings. The lowest BCUT2D eigenvalue weighted by Gasteiger charge is -2.11. The number of methoxy groups -OCH3 is 1. The molecule has 0 saturated heterocycles. The van der Waals surface area contributed by atoms with Crippen molar-refractivity contribution in [2.24, 2.45) is 0 Å². The van der Waals surface area contributed by atoms with Crippen LogP contribution in [-0.2, 0) is 16.4 Å². The minimum atomic E-state index is -3.78. The van der Waals surface area contributed by atoms with Crippen LogP contribution >= 0.6 is 11.7 Å². The fraction of sp³-hybridized carbons (Fsp3) is 0.333. The van der Waals surface area contributed by atoms with Crippen LogP contribution in [0.15, 0.2) is 47.5 Å². The predicted molar refractivity (Wildman–Crippen MR) is 121 cm³/mol. The zero-order valence-corrected chi connectivity index (χ0v) is 19.3. The summed E-state index contributed by atoms with van der Waals surface area (Å²) in [6.07, 6.45) is 2.33. The zero-order chi connectivity index (χ0) is 21.6. The summed E-state index contributed by atoms with van der Waals surface area (Å²) in [7, 11) is -2.17. The maximum absolute atomic E-state index is 13.2. The van der Waals surface area contributed by atoms with Crippen LogP contribution in [0, 0.1) is 0 Å². The Labute approximate surface area is 176 Å². The maximum Gasteiger partial charge on any atom is 0.270 e. The summed E-state index contributed by atoms with van der Waals surface area (Å²) in [6, 6.07) is 10.4. The SMILES string of the molecule is CC.CC.CCc1c(OC)ccc2c1ccn2S(=O)(=O)c1cccc2nsnc12. The first-order chi connectivity index (χ1) is 14.1. The van der Waals surface area contributed by atoms with E-state index >= 15 is 0 Å². The molecule has 2 aromatic carbocycles. The third-order valence-corrected chi connectivity index (χ3v) is 6.53. The smallest absolute Gasteiger partial charge is 0.270 e. The van der Waals surface area contributed by atoms with Gasteiger partial charge in [-0.3, -0.25) is 0 Å². The highest BCUT2D eigenvalue weighted by Crippen LogP contribution is 2.32. The van der Waals surface area contributed by atoms with Crippen LogP contribution in [0.2, 0.25) is 0 Å². The summed E-state index contributed by atoms with van der Waals surface area (Å²) in [5.74, 6) is 0.760. The van der Waals surface area contributed by atoms with Gasteiger partial charge in [0.05, 0.1) is 24.4 Å². The molecule has 0 saturated carbocycles. The first kappa shape index (κ1) is 22.8. The number of hydrogen-bond acceptors (Lipinski definition) is 6. The molecule has 4 aromatic rings. The Morgan fingerprint density at radius 2 is 1.76 bits per heavy atom. The van der Waals surface area contributed by atoms with Crippen molar-refractivity contribution in [2.75, 3.05) is 7.11 Å². The lowest BCUT2D eigenvalue weighted by Crippen LogP contribution is -2.12.